The number of nitrogens with zero attached hydrogens (tertiary/aromatic N) is 5. The van der Waals surface area contributed by atoms with Crippen LogP contribution in [0.5, 0.6) is 0 Å². The molecule has 2 aromatic rings. The first-order valence-corrected chi connectivity index (χ1v) is 9.64. The summed E-state index contributed by atoms with van der Waals surface area (Å²) in [6, 6.07) is 10.9. The zero-order valence-electron chi connectivity index (χ0n) is 17.0. The van der Waals surface area contributed by atoms with Gasteiger partial charge in [-0.1, -0.05) is 43.3 Å². The normalized spacial score (nSPS) is 19.8. The number of piperidine rings is 1. The molecule has 0 bridgehead atoms. The minimum atomic E-state index is 0. The summed E-state index contributed by atoms with van der Waals surface area (Å²) in [5.74, 6) is 3.86. The molecule has 1 fully saturated rings. The average Bonchev–Trinajstić information content (AvgIpc) is 3.01. The molecule has 1 N–H and O–H groups in total. The van der Waals surface area contributed by atoms with E-state index in [0.717, 1.165) is 37.1 Å². The fourth-order valence-corrected chi connectivity index (χ4v) is 3.70. The van der Waals surface area contributed by atoms with Crippen molar-refractivity contribution >= 4 is 29.9 Å². The molecule has 152 valence electrons. The number of aryl methyl sites for hydroxylation is 1. The highest BCUT2D eigenvalue weighted by Crippen LogP contribution is 2.32. The highest BCUT2D eigenvalue weighted by molar-refractivity contribution is 14.0. The molecule has 1 aromatic carbocycles. The number of aliphatic imine (C=N–C) groups is 1. The van der Waals surface area contributed by atoms with Crippen molar-refractivity contribution in [3.63, 3.8) is 0 Å². The van der Waals surface area contributed by atoms with Crippen LogP contribution in [0.15, 0.2) is 48.0 Å². The minimum absolute atomic E-state index is 0. The lowest BCUT2D eigenvalue weighted by Crippen LogP contribution is -2.48. The van der Waals surface area contributed by atoms with Crippen molar-refractivity contribution in [1.82, 2.24) is 25.0 Å². The van der Waals surface area contributed by atoms with Crippen molar-refractivity contribution in [2.45, 2.75) is 32.7 Å². The molecule has 2 heterocycles. The molecule has 1 saturated heterocycles. The van der Waals surface area contributed by atoms with Crippen LogP contribution >= 0.6 is 24.0 Å². The molecule has 1 aliphatic rings. The zero-order chi connectivity index (χ0) is 19.2. The van der Waals surface area contributed by atoms with Gasteiger partial charge in [0.15, 0.2) is 11.8 Å². The largest absolute Gasteiger partial charge is 0.353 e. The molecular weight excluding hydrogens is 463 g/mol. The first-order valence-electron chi connectivity index (χ1n) is 9.64. The number of aromatic nitrogens is 3. The molecule has 7 heteroatoms. The average molecular weight is 494 g/mol. The topological polar surface area (TPSA) is 58.3 Å². The van der Waals surface area contributed by atoms with Crippen molar-refractivity contribution in [2.24, 2.45) is 18.0 Å². The van der Waals surface area contributed by atoms with Gasteiger partial charge in [-0.2, -0.15) is 0 Å². The summed E-state index contributed by atoms with van der Waals surface area (Å²) in [4.78, 5) is 7.18. The maximum absolute atomic E-state index is 4.82. The molecule has 3 rings (SSSR count). The Morgan fingerprint density at radius 2 is 2.07 bits per heavy atom. The summed E-state index contributed by atoms with van der Waals surface area (Å²) in [6.45, 7) is 11.3. The van der Waals surface area contributed by atoms with Crippen LogP contribution in [0.3, 0.4) is 0 Å². The van der Waals surface area contributed by atoms with Crippen molar-refractivity contribution < 1.29 is 0 Å². The number of hydrogen-bond donors (Lipinski definition) is 1. The molecule has 2 atom stereocenters. The number of likely N-dealkylation sites (tertiary alicyclic amines) is 1. The van der Waals surface area contributed by atoms with Gasteiger partial charge in [-0.25, -0.2) is 4.99 Å². The standard InChI is InChI=1S/C21H30N6.HI/c1-5-12-22-21(23-14-20-25-24-17(3)26(20)4)27-13-11-19(16(2)15-27)18-9-7-6-8-10-18;/h5-10,16,19H,1,11-15H2,2-4H3,(H,22,23);1H. The van der Waals surface area contributed by atoms with Crippen molar-refractivity contribution in [2.75, 3.05) is 19.6 Å². The SMILES string of the molecule is C=CCNC(=NCc1nnc(C)n1C)N1CCC(c2ccccc2)C(C)C1.I. The smallest absolute Gasteiger partial charge is 0.194 e. The number of halogens is 1. The Balaban J connectivity index is 0.00000280. The van der Waals surface area contributed by atoms with Gasteiger partial charge in [-0.15, -0.1) is 40.8 Å². The van der Waals surface area contributed by atoms with Crippen LogP contribution in [0, 0.1) is 12.8 Å². The van der Waals surface area contributed by atoms with E-state index in [2.05, 4.69) is 64.2 Å². The molecule has 0 radical (unpaired) electrons. The second kappa shape index (κ2) is 10.6. The van der Waals surface area contributed by atoms with Gasteiger partial charge in [0.25, 0.3) is 0 Å². The van der Waals surface area contributed by atoms with Crippen molar-refractivity contribution in [3.8, 4) is 0 Å². The van der Waals surface area contributed by atoms with Crippen LogP contribution in [0.1, 0.15) is 36.5 Å². The van der Waals surface area contributed by atoms with E-state index in [-0.39, 0.29) is 24.0 Å². The van der Waals surface area contributed by atoms with Crippen LogP contribution in [0.2, 0.25) is 0 Å². The van der Waals surface area contributed by atoms with E-state index < -0.39 is 0 Å². The highest BCUT2D eigenvalue weighted by Gasteiger charge is 2.28. The summed E-state index contributed by atoms with van der Waals surface area (Å²) in [5.41, 5.74) is 1.44. The molecule has 1 aliphatic heterocycles. The fraction of sp³-hybridized carbons (Fsp3) is 0.476. The van der Waals surface area contributed by atoms with E-state index in [0.29, 0.717) is 24.9 Å². The molecule has 28 heavy (non-hydrogen) atoms. The van der Waals surface area contributed by atoms with Gasteiger partial charge in [0.2, 0.25) is 0 Å². The second-order valence-electron chi connectivity index (χ2n) is 7.26. The van der Waals surface area contributed by atoms with E-state index in [9.17, 15) is 0 Å². The van der Waals surface area contributed by atoms with Gasteiger partial charge in [0.1, 0.15) is 12.4 Å². The van der Waals surface area contributed by atoms with Gasteiger partial charge in [-0.3, -0.25) is 0 Å². The third-order valence-electron chi connectivity index (χ3n) is 5.39. The van der Waals surface area contributed by atoms with Gasteiger partial charge < -0.3 is 14.8 Å². The lowest BCUT2D eigenvalue weighted by atomic mass is 9.82. The molecule has 1 aromatic heterocycles. The van der Waals surface area contributed by atoms with Crippen molar-refractivity contribution in [3.05, 3.63) is 60.2 Å². The Labute approximate surface area is 185 Å². The number of nitrogens with one attached hydrogen (secondary N) is 1. The van der Waals surface area contributed by atoms with E-state index in [1.807, 2.05) is 24.6 Å². The molecule has 0 saturated carbocycles. The Kier molecular flexibility index (Phi) is 8.47. The van der Waals surface area contributed by atoms with Gasteiger partial charge in [0.05, 0.1) is 0 Å². The first-order chi connectivity index (χ1) is 13.1. The Hall–Kier alpha value is -1.90. The van der Waals surface area contributed by atoms with E-state index in [1.165, 1.54) is 5.56 Å². The second-order valence-corrected chi connectivity index (χ2v) is 7.26. The van der Waals surface area contributed by atoms with Crippen LogP contribution < -0.4 is 5.32 Å². The molecule has 2 unspecified atom stereocenters. The summed E-state index contributed by atoms with van der Waals surface area (Å²) in [7, 11) is 1.98. The zero-order valence-corrected chi connectivity index (χ0v) is 19.3. The molecule has 0 aliphatic carbocycles. The van der Waals surface area contributed by atoms with Gasteiger partial charge in [-0.05, 0) is 30.7 Å². The Bertz CT molecular complexity index is 785. The third-order valence-corrected chi connectivity index (χ3v) is 5.39. The van der Waals surface area contributed by atoms with Crippen molar-refractivity contribution in [1.29, 1.82) is 0 Å². The molecule has 0 amide bonds. The van der Waals surface area contributed by atoms with Crippen LogP contribution in [-0.4, -0.2) is 45.3 Å². The maximum atomic E-state index is 4.82. The molecular formula is C21H31IN6. The quantitative estimate of drug-likeness (QED) is 0.299. The number of hydrogen-bond acceptors (Lipinski definition) is 3. The summed E-state index contributed by atoms with van der Waals surface area (Å²) >= 11 is 0. The fourth-order valence-electron chi connectivity index (χ4n) is 3.70. The maximum Gasteiger partial charge on any atom is 0.194 e. The van der Waals surface area contributed by atoms with E-state index >= 15 is 0 Å². The highest BCUT2D eigenvalue weighted by atomic mass is 127. The van der Waals surface area contributed by atoms with Crippen LogP contribution in [0.4, 0.5) is 0 Å². The first kappa shape index (κ1) is 22.4. The van der Waals surface area contributed by atoms with Crippen LogP contribution in [0.25, 0.3) is 0 Å². The monoisotopic (exact) mass is 494 g/mol. The lowest BCUT2D eigenvalue weighted by Gasteiger charge is -2.39. The van der Waals surface area contributed by atoms with Gasteiger partial charge >= 0.3 is 0 Å². The summed E-state index contributed by atoms with van der Waals surface area (Å²) in [5, 5.41) is 11.7. The number of rotatable bonds is 5. The van der Waals surface area contributed by atoms with E-state index in [1.54, 1.807) is 0 Å². The predicted octanol–water partition coefficient (Wildman–Crippen LogP) is 3.50. The van der Waals surface area contributed by atoms with E-state index in [4.69, 9.17) is 4.99 Å². The number of guanidine groups is 1. The molecule has 0 spiro atoms. The summed E-state index contributed by atoms with van der Waals surface area (Å²) in [6.07, 6.45) is 2.99. The third kappa shape index (κ3) is 5.33. The summed E-state index contributed by atoms with van der Waals surface area (Å²) < 4.78 is 1.99. The van der Waals surface area contributed by atoms with Crippen LogP contribution in [-0.2, 0) is 13.6 Å². The van der Waals surface area contributed by atoms with Gasteiger partial charge in [0, 0.05) is 26.7 Å². The predicted molar refractivity (Wildman–Crippen MR) is 125 cm³/mol. The minimum Gasteiger partial charge on any atom is -0.353 e. The Morgan fingerprint density at radius 1 is 1.32 bits per heavy atom. The number of benzene rings is 1. The molecule has 6 nitrogen and oxygen atoms in total. The Morgan fingerprint density at radius 3 is 2.68 bits per heavy atom. The lowest BCUT2D eigenvalue weighted by molar-refractivity contribution is 0.234.